The summed E-state index contributed by atoms with van der Waals surface area (Å²) in [5.74, 6) is 0.0681. The van der Waals surface area contributed by atoms with Crippen LogP contribution < -0.4 is 10.6 Å². The number of aromatic nitrogens is 2. The molecule has 0 aliphatic carbocycles. The van der Waals surface area contributed by atoms with E-state index in [1.54, 1.807) is 18.5 Å². The third-order valence-corrected chi connectivity index (χ3v) is 2.44. The minimum atomic E-state index is -0.178. The van der Waals surface area contributed by atoms with Crippen LogP contribution in [-0.2, 0) is 0 Å². The van der Waals surface area contributed by atoms with E-state index >= 15 is 0 Å². The lowest BCUT2D eigenvalue weighted by molar-refractivity contribution is 0.0919. The van der Waals surface area contributed by atoms with Crippen LogP contribution >= 0.6 is 0 Å². The van der Waals surface area contributed by atoms with Crippen molar-refractivity contribution in [3.63, 3.8) is 0 Å². The molecule has 1 aliphatic heterocycles. The fourth-order valence-electron chi connectivity index (χ4n) is 1.63. The second-order valence-corrected chi connectivity index (χ2v) is 3.57. The average Bonchev–Trinajstić information content (AvgIpc) is 2.31. The van der Waals surface area contributed by atoms with Crippen molar-refractivity contribution in [2.45, 2.75) is 18.9 Å². The molecule has 1 saturated heterocycles. The Labute approximate surface area is 88.3 Å². The molecule has 0 radical (unpaired) electrons. The van der Waals surface area contributed by atoms with Crippen molar-refractivity contribution in [3.05, 3.63) is 24.3 Å². The van der Waals surface area contributed by atoms with Crippen LogP contribution in [0.4, 0.5) is 0 Å². The highest BCUT2D eigenvalue weighted by Gasteiger charge is 2.17. The summed E-state index contributed by atoms with van der Waals surface area (Å²) in [6.07, 6.45) is 5.09. The Morgan fingerprint density at radius 3 is 2.67 bits per heavy atom. The molecule has 5 heteroatoms. The first-order valence-electron chi connectivity index (χ1n) is 5.15. The smallest absolute Gasteiger partial charge is 0.289 e. The molecule has 1 aliphatic rings. The Balaban J connectivity index is 1.91. The molecule has 0 aromatic carbocycles. The first-order chi connectivity index (χ1) is 7.36. The molecule has 1 amide bonds. The Hall–Kier alpha value is -1.49. The quantitative estimate of drug-likeness (QED) is 0.712. The van der Waals surface area contributed by atoms with Crippen molar-refractivity contribution in [2.24, 2.45) is 0 Å². The van der Waals surface area contributed by atoms with E-state index in [-0.39, 0.29) is 17.8 Å². The molecule has 0 spiro atoms. The number of carbonyl (C=O) groups excluding carboxylic acids is 1. The first kappa shape index (κ1) is 10.0. The lowest BCUT2D eigenvalue weighted by atomic mass is 10.1. The van der Waals surface area contributed by atoms with Gasteiger partial charge >= 0.3 is 0 Å². The van der Waals surface area contributed by atoms with Crippen molar-refractivity contribution in [1.29, 1.82) is 0 Å². The third kappa shape index (κ3) is 2.73. The molecule has 2 N–H and O–H groups in total. The standard InChI is InChI=1S/C10H14N4O/c15-10(9-12-4-1-5-13-9)14-8-2-6-11-7-3-8/h1,4-5,8,11H,2-3,6-7H2,(H,14,15). The third-order valence-electron chi connectivity index (χ3n) is 2.44. The second-order valence-electron chi connectivity index (χ2n) is 3.57. The van der Waals surface area contributed by atoms with Gasteiger partial charge in [-0.1, -0.05) is 0 Å². The Morgan fingerprint density at radius 2 is 2.00 bits per heavy atom. The van der Waals surface area contributed by atoms with E-state index in [1.807, 2.05) is 0 Å². The van der Waals surface area contributed by atoms with E-state index < -0.39 is 0 Å². The number of rotatable bonds is 2. The molecule has 15 heavy (non-hydrogen) atoms. The highest BCUT2D eigenvalue weighted by atomic mass is 16.2. The lowest BCUT2D eigenvalue weighted by Gasteiger charge is -2.23. The zero-order valence-corrected chi connectivity index (χ0v) is 8.44. The molecule has 0 unspecified atom stereocenters. The van der Waals surface area contributed by atoms with Crippen molar-refractivity contribution in [2.75, 3.05) is 13.1 Å². The van der Waals surface area contributed by atoms with Gasteiger partial charge in [0.15, 0.2) is 0 Å². The summed E-state index contributed by atoms with van der Waals surface area (Å²) < 4.78 is 0. The van der Waals surface area contributed by atoms with Gasteiger partial charge in [0, 0.05) is 18.4 Å². The van der Waals surface area contributed by atoms with E-state index in [0.29, 0.717) is 0 Å². The summed E-state index contributed by atoms with van der Waals surface area (Å²) in [6.45, 7) is 1.92. The maximum absolute atomic E-state index is 11.7. The van der Waals surface area contributed by atoms with E-state index in [1.165, 1.54) is 0 Å². The largest absolute Gasteiger partial charge is 0.346 e. The minimum Gasteiger partial charge on any atom is -0.346 e. The summed E-state index contributed by atoms with van der Waals surface area (Å²) in [7, 11) is 0. The minimum absolute atomic E-state index is 0.178. The van der Waals surface area contributed by atoms with Gasteiger partial charge in [0.1, 0.15) is 0 Å². The molecular formula is C10H14N4O. The number of nitrogens with zero attached hydrogens (tertiary/aromatic N) is 2. The Morgan fingerprint density at radius 1 is 1.33 bits per heavy atom. The van der Waals surface area contributed by atoms with E-state index in [2.05, 4.69) is 20.6 Å². The Kier molecular flexibility index (Phi) is 3.24. The second kappa shape index (κ2) is 4.84. The normalized spacial score (nSPS) is 17.3. The molecule has 0 atom stereocenters. The zero-order chi connectivity index (χ0) is 10.5. The van der Waals surface area contributed by atoms with Crippen LogP contribution in [0.1, 0.15) is 23.5 Å². The molecule has 2 rings (SSSR count). The topological polar surface area (TPSA) is 66.9 Å². The van der Waals surface area contributed by atoms with Gasteiger partial charge in [0.25, 0.3) is 5.91 Å². The molecule has 1 aromatic rings. The van der Waals surface area contributed by atoms with Gasteiger partial charge in [-0.2, -0.15) is 0 Å². The Bertz CT molecular complexity index is 321. The molecule has 80 valence electrons. The SMILES string of the molecule is O=C(NC1CCNCC1)c1ncccn1. The van der Waals surface area contributed by atoms with Gasteiger partial charge in [0.2, 0.25) is 5.82 Å². The summed E-state index contributed by atoms with van der Waals surface area (Å²) in [4.78, 5) is 19.5. The van der Waals surface area contributed by atoms with Gasteiger partial charge in [-0.25, -0.2) is 9.97 Å². The van der Waals surface area contributed by atoms with Crippen molar-refractivity contribution < 1.29 is 4.79 Å². The van der Waals surface area contributed by atoms with E-state index in [0.717, 1.165) is 25.9 Å². The maximum Gasteiger partial charge on any atom is 0.289 e. The van der Waals surface area contributed by atoms with Crippen LogP contribution in [0.2, 0.25) is 0 Å². The highest BCUT2D eigenvalue weighted by Crippen LogP contribution is 2.02. The molecule has 2 heterocycles. The van der Waals surface area contributed by atoms with Crippen molar-refractivity contribution >= 4 is 5.91 Å². The fourth-order valence-corrected chi connectivity index (χ4v) is 1.63. The highest BCUT2D eigenvalue weighted by molar-refractivity contribution is 5.90. The number of hydrogen-bond donors (Lipinski definition) is 2. The molecule has 1 aromatic heterocycles. The van der Waals surface area contributed by atoms with Gasteiger partial charge in [-0.3, -0.25) is 4.79 Å². The number of hydrogen-bond acceptors (Lipinski definition) is 4. The van der Waals surface area contributed by atoms with Gasteiger partial charge in [-0.15, -0.1) is 0 Å². The monoisotopic (exact) mass is 206 g/mol. The molecule has 1 fully saturated rings. The predicted octanol–water partition coefficient (Wildman–Crippen LogP) is -0.0416. The summed E-state index contributed by atoms with van der Waals surface area (Å²) in [5.41, 5.74) is 0. The average molecular weight is 206 g/mol. The van der Waals surface area contributed by atoms with Crippen LogP contribution in [0, 0.1) is 0 Å². The van der Waals surface area contributed by atoms with Gasteiger partial charge in [-0.05, 0) is 32.0 Å². The molecule has 5 nitrogen and oxygen atoms in total. The maximum atomic E-state index is 11.7. The molecular weight excluding hydrogens is 192 g/mol. The van der Waals surface area contributed by atoms with Crippen LogP contribution in [0.5, 0.6) is 0 Å². The van der Waals surface area contributed by atoms with Crippen molar-refractivity contribution in [3.8, 4) is 0 Å². The van der Waals surface area contributed by atoms with Crippen molar-refractivity contribution in [1.82, 2.24) is 20.6 Å². The first-order valence-corrected chi connectivity index (χ1v) is 5.15. The summed E-state index contributed by atoms with van der Waals surface area (Å²) in [6, 6.07) is 1.95. The van der Waals surface area contributed by atoms with Crippen LogP contribution in [0.3, 0.4) is 0 Å². The predicted molar refractivity (Wildman–Crippen MR) is 55.4 cm³/mol. The van der Waals surface area contributed by atoms with E-state index in [4.69, 9.17) is 0 Å². The zero-order valence-electron chi connectivity index (χ0n) is 8.44. The lowest BCUT2D eigenvalue weighted by Crippen LogP contribution is -2.43. The molecule has 0 bridgehead atoms. The number of piperidine rings is 1. The summed E-state index contributed by atoms with van der Waals surface area (Å²) >= 11 is 0. The number of nitrogens with one attached hydrogen (secondary N) is 2. The summed E-state index contributed by atoms with van der Waals surface area (Å²) in [5, 5.41) is 6.18. The van der Waals surface area contributed by atoms with Crippen LogP contribution in [0.15, 0.2) is 18.5 Å². The van der Waals surface area contributed by atoms with Gasteiger partial charge < -0.3 is 10.6 Å². The number of carbonyl (C=O) groups is 1. The van der Waals surface area contributed by atoms with Gasteiger partial charge in [0.05, 0.1) is 0 Å². The molecule has 0 saturated carbocycles. The van der Waals surface area contributed by atoms with Crippen LogP contribution in [0.25, 0.3) is 0 Å². The van der Waals surface area contributed by atoms with E-state index in [9.17, 15) is 4.79 Å². The van der Waals surface area contributed by atoms with Crippen LogP contribution in [-0.4, -0.2) is 35.0 Å². The number of amides is 1. The fraction of sp³-hybridized carbons (Fsp3) is 0.500.